The lowest BCUT2D eigenvalue weighted by Gasteiger charge is -2.30. The number of para-hydroxylation sites is 3. The van der Waals surface area contributed by atoms with Crippen LogP contribution in [0.2, 0.25) is 0 Å². The van der Waals surface area contributed by atoms with Crippen molar-refractivity contribution in [2.24, 2.45) is 0 Å². The van der Waals surface area contributed by atoms with E-state index in [2.05, 4.69) is 209 Å². The lowest BCUT2D eigenvalue weighted by molar-refractivity contribution is 0.794. The van der Waals surface area contributed by atoms with Crippen LogP contribution in [0, 0.1) is 0 Å². The molecule has 12 aromatic rings. The average molecular weight is 802 g/mol. The lowest BCUT2D eigenvalue weighted by atomic mass is 9.70. The monoisotopic (exact) mass is 801 g/mol. The summed E-state index contributed by atoms with van der Waals surface area (Å²) in [5, 5.41) is 4.38. The molecule has 4 heteroatoms. The highest BCUT2D eigenvalue weighted by Gasteiger charge is 2.52. The molecular formula is C59H36N4. The van der Waals surface area contributed by atoms with Crippen molar-refractivity contribution >= 4 is 43.6 Å². The maximum atomic E-state index is 8.63. The summed E-state index contributed by atoms with van der Waals surface area (Å²) in [4.78, 5) is 11.1. The van der Waals surface area contributed by atoms with E-state index in [1.165, 1.54) is 44.5 Å². The quantitative estimate of drug-likeness (QED) is 0.178. The number of hydrogen-bond donors (Lipinski definition) is 0. The number of benzene rings is 9. The van der Waals surface area contributed by atoms with Gasteiger partial charge >= 0.3 is 0 Å². The van der Waals surface area contributed by atoms with E-state index in [4.69, 9.17) is 11.3 Å². The van der Waals surface area contributed by atoms with Crippen molar-refractivity contribution in [3.63, 3.8) is 0 Å². The molecule has 0 amide bonds. The van der Waals surface area contributed by atoms with Crippen LogP contribution in [0.4, 0.5) is 0 Å². The fourth-order valence-corrected chi connectivity index (χ4v) is 11.3. The van der Waals surface area contributed by atoms with Gasteiger partial charge in [-0.25, -0.2) is 9.97 Å². The molecule has 2 aliphatic carbocycles. The van der Waals surface area contributed by atoms with Crippen molar-refractivity contribution in [2.45, 2.75) is 5.41 Å². The van der Waals surface area contributed by atoms with E-state index >= 15 is 0 Å². The van der Waals surface area contributed by atoms with E-state index < -0.39 is 5.41 Å². The minimum absolute atomic E-state index is 0.469. The number of rotatable bonds is 4. The SMILES string of the molecule is [2H]c1ccc2c(c1)c1ccc3c(c4ccccc4n3-c3nc(-c4ccccc4)cc(-c4cccc5c4-c4ccccc4C54c5ccccc5-c5ccccc54)n3)c1n2-c1ccccc1. The van der Waals surface area contributed by atoms with Crippen LogP contribution in [0.25, 0.3) is 100 Å². The van der Waals surface area contributed by atoms with Crippen LogP contribution in [0.15, 0.2) is 218 Å². The molecule has 0 atom stereocenters. The molecule has 14 rings (SSSR count). The van der Waals surface area contributed by atoms with Crippen molar-refractivity contribution < 1.29 is 1.37 Å². The van der Waals surface area contributed by atoms with Gasteiger partial charge in [-0.05, 0) is 80.9 Å². The highest BCUT2D eigenvalue weighted by Crippen LogP contribution is 2.64. The molecule has 4 nitrogen and oxygen atoms in total. The average Bonchev–Trinajstić information content (AvgIpc) is 4.06. The van der Waals surface area contributed by atoms with E-state index in [1.54, 1.807) is 0 Å². The predicted octanol–water partition coefficient (Wildman–Crippen LogP) is 14.3. The summed E-state index contributed by atoms with van der Waals surface area (Å²) in [5.41, 5.74) is 18.8. The Labute approximate surface area is 365 Å². The van der Waals surface area contributed by atoms with E-state index in [0.717, 1.165) is 71.8 Å². The minimum atomic E-state index is -0.469. The van der Waals surface area contributed by atoms with Crippen molar-refractivity contribution in [3.8, 4) is 56.4 Å². The summed E-state index contributed by atoms with van der Waals surface area (Å²) in [6, 6.07) is 76.4. The van der Waals surface area contributed by atoms with Crippen molar-refractivity contribution in [2.75, 3.05) is 0 Å². The van der Waals surface area contributed by atoms with E-state index in [9.17, 15) is 0 Å². The Morgan fingerprint density at radius 1 is 0.397 bits per heavy atom. The van der Waals surface area contributed by atoms with Gasteiger partial charge in [0.1, 0.15) is 0 Å². The van der Waals surface area contributed by atoms with Gasteiger partial charge in [0.05, 0.1) is 40.2 Å². The molecule has 292 valence electrons. The van der Waals surface area contributed by atoms with Gasteiger partial charge in [0.15, 0.2) is 0 Å². The first kappa shape index (κ1) is 33.4. The number of nitrogens with zero attached hydrogens (tertiary/aromatic N) is 4. The molecule has 0 radical (unpaired) electrons. The normalized spacial score (nSPS) is 13.4. The second-order valence-electron chi connectivity index (χ2n) is 16.7. The second-order valence-corrected chi connectivity index (χ2v) is 16.7. The highest BCUT2D eigenvalue weighted by atomic mass is 15.2. The minimum Gasteiger partial charge on any atom is -0.309 e. The fraction of sp³-hybridized carbons (Fsp3) is 0.0169. The molecule has 3 heterocycles. The zero-order valence-corrected chi connectivity index (χ0v) is 34.0. The summed E-state index contributed by atoms with van der Waals surface area (Å²) < 4.78 is 13.2. The number of fused-ring (bicyclic) bond motifs is 17. The summed E-state index contributed by atoms with van der Waals surface area (Å²) in [6.07, 6.45) is 0. The lowest BCUT2D eigenvalue weighted by Crippen LogP contribution is -2.25. The molecule has 0 bridgehead atoms. The Kier molecular flexibility index (Phi) is 6.80. The Morgan fingerprint density at radius 2 is 0.984 bits per heavy atom. The molecule has 0 saturated heterocycles. The third-order valence-electron chi connectivity index (χ3n) is 13.7. The third-order valence-corrected chi connectivity index (χ3v) is 13.7. The van der Waals surface area contributed by atoms with Crippen LogP contribution >= 0.6 is 0 Å². The van der Waals surface area contributed by atoms with Crippen LogP contribution in [-0.2, 0) is 5.41 Å². The summed E-state index contributed by atoms with van der Waals surface area (Å²) >= 11 is 0. The molecule has 0 N–H and O–H groups in total. The Bertz CT molecular complexity index is 3870. The van der Waals surface area contributed by atoms with Gasteiger partial charge in [0.25, 0.3) is 0 Å². The molecule has 0 unspecified atom stereocenters. The van der Waals surface area contributed by atoms with Crippen molar-refractivity contribution in [1.82, 2.24) is 19.1 Å². The second kappa shape index (κ2) is 12.8. The first-order valence-electron chi connectivity index (χ1n) is 22.1. The molecule has 1 spiro atoms. The smallest absolute Gasteiger partial charge is 0.235 e. The van der Waals surface area contributed by atoms with Crippen molar-refractivity contribution in [3.05, 3.63) is 241 Å². The Hall–Kier alpha value is -8.34. The zero-order valence-electron chi connectivity index (χ0n) is 35.0. The predicted molar refractivity (Wildman–Crippen MR) is 258 cm³/mol. The van der Waals surface area contributed by atoms with Crippen LogP contribution < -0.4 is 0 Å². The molecule has 3 aromatic heterocycles. The van der Waals surface area contributed by atoms with Gasteiger partial charge in [0.2, 0.25) is 5.95 Å². The van der Waals surface area contributed by atoms with Gasteiger partial charge in [-0.1, -0.05) is 182 Å². The molecule has 9 aromatic carbocycles. The number of aromatic nitrogens is 4. The van der Waals surface area contributed by atoms with Crippen molar-refractivity contribution in [1.29, 1.82) is 0 Å². The van der Waals surface area contributed by atoms with Gasteiger partial charge < -0.3 is 4.57 Å². The fourth-order valence-electron chi connectivity index (χ4n) is 11.3. The Balaban J connectivity index is 1.08. The van der Waals surface area contributed by atoms with Gasteiger partial charge in [-0.2, -0.15) is 0 Å². The largest absolute Gasteiger partial charge is 0.309 e. The first-order chi connectivity index (χ1) is 31.7. The van der Waals surface area contributed by atoms with E-state index in [1.807, 2.05) is 12.1 Å². The molecular weight excluding hydrogens is 765 g/mol. The highest BCUT2D eigenvalue weighted by molar-refractivity contribution is 6.26. The summed E-state index contributed by atoms with van der Waals surface area (Å²) in [7, 11) is 0. The van der Waals surface area contributed by atoms with Crippen LogP contribution in [0.1, 0.15) is 23.6 Å². The first-order valence-corrected chi connectivity index (χ1v) is 21.6. The molecule has 0 fully saturated rings. The molecule has 0 saturated carbocycles. The van der Waals surface area contributed by atoms with Crippen LogP contribution in [0.5, 0.6) is 0 Å². The molecule has 2 aliphatic rings. The summed E-state index contributed by atoms with van der Waals surface area (Å²) in [5.74, 6) is 0.605. The van der Waals surface area contributed by atoms with Crippen LogP contribution in [-0.4, -0.2) is 19.1 Å². The molecule has 63 heavy (non-hydrogen) atoms. The van der Waals surface area contributed by atoms with Gasteiger partial charge in [-0.15, -0.1) is 0 Å². The summed E-state index contributed by atoms with van der Waals surface area (Å²) in [6.45, 7) is 0. The van der Waals surface area contributed by atoms with Gasteiger partial charge in [0, 0.05) is 38.4 Å². The zero-order chi connectivity index (χ0) is 42.1. The maximum absolute atomic E-state index is 8.63. The number of hydrogen-bond acceptors (Lipinski definition) is 2. The van der Waals surface area contributed by atoms with E-state index in [0.29, 0.717) is 12.0 Å². The topological polar surface area (TPSA) is 35.6 Å². The Morgan fingerprint density at radius 3 is 1.76 bits per heavy atom. The third kappa shape index (κ3) is 4.54. The van der Waals surface area contributed by atoms with E-state index in [-0.39, 0.29) is 0 Å². The molecule has 0 aliphatic heterocycles. The van der Waals surface area contributed by atoms with Gasteiger partial charge in [-0.3, -0.25) is 4.57 Å². The maximum Gasteiger partial charge on any atom is 0.235 e. The van der Waals surface area contributed by atoms with Crippen LogP contribution in [0.3, 0.4) is 0 Å². The standard InChI is InChI=1S/C59H36N4/c1-3-18-37(19-4-1)50-36-51(44-27-17-31-49-55(44)43-25-9-14-30-48(43)59(49)46-28-12-7-22-39(46)40-23-8-13-29-47(40)59)61-58(60-50)63-53-33-16-11-26-45(53)56-54(63)35-34-42-41-24-10-15-32-52(41)62(57(42)56)38-20-5-2-6-21-38/h1-36H/i10D.